The van der Waals surface area contributed by atoms with Gasteiger partial charge in [-0.15, -0.1) is 0 Å². The van der Waals surface area contributed by atoms with Crippen LogP contribution >= 0.6 is 0 Å². The van der Waals surface area contributed by atoms with Crippen molar-refractivity contribution in [3.8, 4) is 0 Å². The summed E-state index contributed by atoms with van der Waals surface area (Å²) in [5, 5.41) is 19.4. The topological polar surface area (TPSA) is 72.0 Å². The van der Waals surface area contributed by atoms with Gasteiger partial charge < -0.3 is 10.0 Å². The third-order valence-corrected chi connectivity index (χ3v) is 1.58. The predicted octanol–water partition coefficient (Wildman–Crippen LogP) is 0.850. The van der Waals surface area contributed by atoms with Crippen LogP contribution in [-0.2, 0) is 4.84 Å². The normalized spacial score (nSPS) is 13.1. The average Bonchev–Trinajstić information content (AvgIpc) is 2.60. The van der Waals surface area contributed by atoms with Crippen LogP contribution in [0.3, 0.4) is 0 Å². The maximum absolute atomic E-state index is 8.61. The molecule has 0 saturated heterocycles. The molecule has 1 heterocycles. The molecule has 0 aliphatic rings. The highest BCUT2D eigenvalue weighted by Crippen LogP contribution is 1.97. The fraction of sp³-hybridized carbons (Fsp3) is 0.375. The molecule has 0 fully saturated rings. The Balaban J connectivity index is 3.07. The van der Waals surface area contributed by atoms with E-state index in [-0.39, 0.29) is 0 Å². The number of aromatic nitrogens is 2. The highest BCUT2D eigenvalue weighted by Gasteiger charge is 2.09. The van der Waals surface area contributed by atoms with Crippen LogP contribution < -0.4 is 0 Å². The first-order valence-electron chi connectivity index (χ1n) is 4.01. The zero-order valence-electron chi connectivity index (χ0n) is 8.30. The van der Waals surface area contributed by atoms with Gasteiger partial charge in [0.25, 0.3) is 0 Å². The molecule has 0 radical (unpaired) electrons. The van der Waals surface area contributed by atoms with Crippen LogP contribution in [0.2, 0.25) is 0 Å². The molecular weight excluding hydrogens is 184 g/mol. The molecule has 0 aliphatic heterocycles. The van der Waals surface area contributed by atoms with Crippen molar-refractivity contribution in [2.24, 2.45) is 10.3 Å². The lowest BCUT2D eigenvalue weighted by atomic mass is 10.4. The van der Waals surface area contributed by atoms with Gasteiger partial charge in [-0.2, -0.15) is 5.10 Å². The molecule has 1 aromatic heterocycles. The molecule has 14 heavy (non-hydrogen) atoms. The number of aryl methyl sites for hydroxylation is 1. The standard InChI is InChI=1S/C8H12N4O2/c1-6-4-9-12(5-6)8(11-14-3)7(2)10-13/h4-5,13H,1-3H3. The van der Waals surface area contributed by atoms with Crippen molar-refractivity contribution in [1.29, 1.82) is 0 Å². The van der Waals surface area contributed by atoms with Gasteiger partial charge in [-0.05, 0) is 19.4 Å². The summed E-state index contributed by atoms with van der Waals surface area (Å²) in [5.41, 5.74) is 1.31. The molecule has 0 bridgehead atoms. The fourth-order valence-corrected chi connectivity index (χ4v) is 0.934. The number of hydrogen-bond acceptors (Lipinski definition) is 5. The fourth-order valence-electron chi connectivity index (χ4n) is 0.934. The maximum atomic E-state index is 8.61. The van der Waals surface area contributed by atoms with Crippen molar-refractivity contribution >= 4 is 11.5 Å². The lowest BCUT2D eigenvalue weighted by Gasteiger charge is -2.02. The summed E-state index contributed by atoms with van der Waals surface area (Å²) in [4.78, 5) is 4.63. The molecular formula is C8H12N4O2. The number of nitrogens with zero attached hydrogens (tertiary/aromatic N) is 4. The highest BCUT2D eigenvalue weighted by molar-refractivity contribution is 6.40. The zero-order chi connectivity index (χ0) is 10.6. The Kier molecular flexibility index (Phi) is 3.22. The third kappa shape index (κ3) is 2.09. The van der Waals surface area contributed by atoms with E-state index in [4.69, 9.17) is 5.21 Å². The van der Waals surface area contributed by atoms with Crippen molar-refractivity contribution in [2.45, 2.75) is 13.8 Å². The first kappa shape index (κ1) is 10.2. The zero-order valence-corrected chi connectivity index (χ0v) is 8.30. The van der Waals surface area contributed by atoms with Crippen LogP contribution in [0.1, 0.15) is 12.5 Å². The molecule has 0 spiro atoms. The average molecular weight is 196 g/mol. The van der Waals surface area contributed by atoms with E-state index in [1.165, 1.54) is 11.8 Å². The van der Waals surface area contributed by atoms with Gasteiger partial charge in [0.1, 0.15) is 12.8 Å². The third-order valence-electron chi connectivity index (χ3n) is 1.58. The largest absolute Gasteiger partial charge is 0.411 e. The summed E-state index contributed by atoms with van der Waals surface area (Å²) in [6.45, 7) is 3.51. The van der Waals surface area contributed by atoms with E-state index in [9.17, 15) is 0 Å². The van der Waals surface area contributed by atoms with Gasteiger partial charge in [0, 0.05) is 6.20 Å². The molecule has 6 heteroatoms. The second-order valence-corrected chi connectivity index (χ2v) is 2.75. The molecule has 0 amide bonds. The summed E-state index contributed by atoms with van der Waals surface area (Å²) in [6.07, 6.45) is 3.43. The van der Waals surface area contributed by atoms with Gasteiger partial charge in [-0.25, -0.2) is 4.68 Å². The minimum atomic E-state index is 0.329. The van der Waals surface area contributed by atoms with Gasteiger partial charge in [0.05, 0.1) is 6.20 Å². The van der Waals surface area contributed by atoms with Gasteiger partial charge in [-0.1, -0.05) is 10.3 Å². The van der Waals surface area contributed by atoms with Crippen molar-refractivity contribution in [3.05, 3.63) is 18.0 Å². The van der Waals surface area contributed by atoms with Gasteiger partial charge in [-0.3, -0.25) is 0 Å². The Morgan fingerprint density at radius 2 is 2.36 bits per heavy atom. The second kappa shape index (κ2) is 4.40. The van der Waals surface area contributed by atoms with Crippen LogP contribution in [0.5, 0.6) is 0 Å². The van der Waals surface area contributed by atoms with Crippen molar-refractivity contribution < 1.29 is 10.0 Å². The number of hydrogen-bond donors (Lipinski definition) is 1. The van der Waals surface area contributed by atoms with E-state index < -0.39 is 0 Å². The molecule has 0 saturated carbocycles. The molecule has 1 aromatic rings. The minimum Gasteiger partial charge on any atom is -0.411 e. The number of oxime groups is 2. The van der Waals surface area contributed by atoms with E-state index >= 15 is 0 Å². The highest BCUT2D eigenvalue weighted by atomic mass is 16.6. The molecule has 0 unspecified atom stereocenters. The Morgan fingerprint density at radius 1 is 1.64 bits per heavy atom. The van der Waals surface area contributed by atoms with Gasteiger partial charge in [0.15, 0.2) is 0 Å². The molecule has 0 atom stereocenters. The van der Waals surface area contributed by atoms with E-state index in [2.05, 4.69) is 20.2 Å². The van der Waals surface area contributed by atoms with E-state index in [0.29, 0.717) is 11.5 Å². The molecule has 0 aliphatic carbocycles. The quantitative estimate of drug-likeness (QED) is 0.330. The van der Waals surface area contributed by atoms with Crippen molar-refractivity contribution in [3.63, 3.8) is 0 Å². The molecule has 6 nitrogen and oxygen atoms in total. The molecule has 1 rings (SSSR count). The first-order chi connectivity index (χ1) is 6.69. The Morgan fingerprint density at radius 3 is 2.79 bits per heavy atom. The van der Waals surface area contributed by atoms with E-state index in [1.807, 2.05) is 6.92 Å². The minimum absolute atomic E-state index is 0.329. The first-order valence-corrected chi connectivity index (χ1v) is 4.01. The Labute approximate surface area is 81.5 Å². The summed E-state index contributed by atoms with van der Waals surface area (Å²) in [7, 11) is 1.42. The smallest absolute Gasteiger partial charge is 0.217 e. The monoisotopic (exact) mass is 196 g/mol. The molecule has 76 valence electrons. The molecule has 0 aromatic carbocycles. The van der Waals surface area contributed by atoms with Gasteiger partial charge in [0.2, 0.25) is 5.84 Å². The van der Waals surface area contributed by atoms with Crippen molar-refractivity contribution in [1.82, 2.24) is 9.78 Å². The Hall–Kier alpha value is -1.85. The van der Waals surface area contributed by atoms with Gasteiger partial charge >= 0.3 is 0 Å². The number of rotatable bonds is 2. The van der Waals surface area contributed by atoms with Crippen LogP contribution in [0.25, 0.3) is 0 Å². The van der Waals surface area contributed by atoms with Crippen LogP contribution in [0.15, 0.2) is 22.7 Å². The SMILES string of the molecule is CON=C(C(C)=NO)n1cc(C)cn1. The summed E-state index contributed by atoms with van der Waals surface area (Å²) < 4.78 is 1.48. The van der Waals surface area contributed by atoms with Crippen LogP contribution in [0, 0.1) is 6.92 Å². The summed E-state index contributed by atoms with van der Waals surface area (Å²) in [6, 6.07) is 0. The summed E-state index contributed by atoms with van der Waals surface area (Å²) >= 11 is 0. The lowest BCUT2D eigenvalue weighted by molar-refractivity contribution is 0.212. The lowest BCUT2D eigenvalue weighted by Crippen LogP contribution is -2.21. The van der Waals surface area contributed by atoms with Crippen LogP contribution in [0.4, 0.5) is 0 Å². The predicted molar refractivity (Wildman–Crippen MR) is 51.7 cm³/mol. The van der Waals surface area contributed by atoms with Crippen molar-refractivity contribution in [2.75, 3.05) is 7.11 Å². The second-order valence-electron chi connectivity index (χ2n) is 2.75. The summed E-state index contributed by atoms with van der Waals surface area (Å²) in [5.74, 6) is 0.350. The van der Waals surface area contributed by atoms with E-state index in [1.54, 1.807) is 19.3 Å². The van der Waals surface area contributed by atoms with E-state index in [0.717, 1.165) is 5.56 Å². The molecule has 1 N–H and O–H groups in total. The Bertz CT molecular complexity index is 367. The van der Waals surface area contributed by atoms with Crippen LogP contribution in [-0.4, -0.2) is 33.6 Å². The maximum Gasteiger partial charge on any atom is 0.217 e.